The summed E-state index contributed by atoms with van der Waals surface area (Å²) in [6.07, 6.45) is 3.54. The van der Waals surface area contributed by atoms with Gasteiger partial charge in [0.2, 0.25) is 6.79 Å². The number of carbonyl (C=O) groups excluding carboxylic acids is 2. The molecule has 0 fully saturated rings. The van der Waals surface area contributed by atoms with Crippen LogP contribution < -0.4 is 14.4 Å². The molecule has 3 aliphatic rings. The lowest BCUT2D eigenvalue weighted by Crippen LogP contribution is -2.43. The fraction of sp³-hybridized carbons (Fsp3) is 0.379. The van der Waals surface area contributed by atoms with Gasteiger partial charge in [0.05, 0.1) is 18.2 Å². The molecule has 1 atom stereocenters. The second-order valence-electron chi connectivity index (χ2n) is 11.2. The number of benzene rings is 2. The Morgan fingerprint density at radius 1 is 1.11 bits per heavy atom. The molecule has 0 N–H and O–H groups in total. The molecule has 1 aliphatic carbocycles. The SMILES string of the molecule is COC(=O)N1C2=CC(=O)C(c3ccccc3)=CC2(CCO[Si](C)(C)C(C)(C)C)c2cc3c(cc21)OCO3. The Bertz CT molecular complexity index is 1320. The molecule has 2 aromatic rings. The van der Waals surface area contributed by atoms with E-state index in [2.05, 4.69) is 33.9 Å². The van der Waals surface area contributed by atoms with Crippen LogP contribution in [0.2, 0.25) is 18.1 Å². The van der Waals surface area contributed by atoms with E-state index in [-0.39, 0.29) is 17.6 Å². The third-order valence-electron chi connectivity index (χ3n) is 8.04. The molecule has 194 valence electrons. The van der Waals surface area contributed by atoms with Crippen LogP contribution in [0.4, 0.5) is 10.5 Å². The molecule has 2 aromatic carbocycles. The average Bonchev–Trinajstić information content (AvgIpc) is 3.41. The Kier molecular flexibility index (Phi) is 6.07. The van der Waals surface area contributed by atoms with Crippen LogP contribution in [-0.4, -0.2) is 40.7 Å². The highest BCUT2D eigenvalue weighted by Gasteiger charge is 2.52. The van der Waals surface area contributed by atoms with E-state index in [1.54, 1.807) is 12.1 Å². The van der Waals surface area contributed by atoms with Crippen LogP contribution in [0.15, 0.2) is 60.3 Å². The van der Waals surface area contributed by atoms with Gasteiger partial charge in [-0.1, -0.05) is 57.2 Å². The first-order valence-electron chi connectivity index (χ1n) is 12.5. The molecular weight excluding hydrogens is 486 g/mol. The van der Waals surface area contributed by atoms with Crippen molar-refractivity contribution in [3.8, 4) is 11.5 Å². The minimum absolute atomic E-state index is 0.0501. The Labute approximate surface area is 218 Å². The van der Waals surface area contributed by atoms with Crippen LogP contribution in [-0.2, 0) is 19.4 Å². The van der Waals surface area contributed by atoms with Gasteiger partial charge in [0, 0.05) is 30.0 Å². The first-order chi connectivity index (χ1) is 17.5. The quantitative estimate of drug-likeness (QED) is 0.438. The molecular formula is C29H33NO6Si. The summed E-state index contributed by atoms with van der Waals surface area (Å²) in [7, 11) is -0.703. The number of hydrogen-bond donors (Lipinski definition) is 0. The van der Waals surface area contributed by atoms with Crippen molar-refractivity contribution in [3.05, 3.63) is 71.4 Å². The molecule has 2 heterocycles. The van der Waals surface area contributed by atoms with Crippen molar-refractivity contribution in [2.24, 2.45) is 0 Å². The molecule has 0 saturated heterocycles. The van der Waals surface area contributed by atoms with Crippen LogP contribution in [0.25, 0.3) is 5.57 Å². The molecule has 0 aromatic heterocycles. The van der Waals surface area contributed by atoms with Gasteiger partial charge < -0.3 is 18.6 Å². The van der Waals surface area contributed by atoms with E-state index in [0.717, 1.165) is 11.1 Å². The lowest BCUT2D eigenvalue weighted by atomic mass is 9.71. The Hall–Kier alpha value is -3.36. The predicted molar refractivity (Wildman–Crippen MR) is 144 cm³/mol. The zero-order valence-electron chi connectivity index (χ0n) is 22.2. The largest absolute Gasteiger partial charge is 0.454 e. The topological polar surface area (TPSA) is 74.3 Å². The maximum atomic E-state index is 13.5. The summed E-state index contributed by atoms with van der Waals surface area (Å²) in [5, 5.41) is 0.0501. The van der Waals surface area contributed by atoms with Crippen LogP contribution in [0.5, 0.6) is 11.5 Å². The number of hydrogen-bond acceptors (Lipinski definition) is 6. The van der Waals surface area contributed by atoms with Gasteiger partial charge in [-0.05, 0) is 41.7 Å². The summed E-state index contributed by atoms with van der Waals surface area (Å²) in [5.41, 5.74) is 2.65. The highest BCUT2D eigenvalue weighted by Crippen LogP contribution is 2.57. The molecule has 1 unspecified atom stereocenters. The van der Waals surface area contributed by atoms with Crippen LogP contribution in [0, 0.1) is 0 Å². The first-order valence-corrected chi connectivity index (χ1v) is 15.4. The van der Waals surface area contributed by atoms with Crippen molar-refractivity contribution in [2.75, 3.05) is 25.4 Å². The van der Waals surface area contributed by atoms with Crippen molar-refractivity contribution < 1.29 is 28.2 Å². The second-order valence-corrected chi connectivity index (χ2v) is 16.0. The minimum Gasteiger partial charge on any atom is -0.454 e. The predicted octanol–water partition coefficient (Wildman–Crippen LogP) is 6.20. The summed E-state index contributed by atoms with van der Waals surface area (Å²) in [6.45, 7) is 11.6. The number of allylic oxidation sites excluding steroid dienone is 3. The molecule has 5 rings (SSSR count). The normalized spacial score (nSPS) is 20.3. The summed E-state index contributed by atoms with van der Waals surface area (Å²) in [4.78, 5) is 28.1. The number of ketones is 1. The van der Waals surface area contributed by atoms with E-state index in [0.29, 0.717) is 41.5 Å². The third-order valence-corrected chi connectivity index (χ3v) is 12.6. The van der Waals surface area contributed by atoms with Gasteiger partial charge in [-0.3, -0.25) is 4.79 Å². The maximum Gasteiger partial charge on any atom is 0.418 e. The van der Waals surface area contributed by atoms with E-state index in [1.807, 2.05) is 42.5 Å². The van der Waals surface area contributed by atoms with Gasteiger partial charge in [0.1, 0.15) is 0 Å². The summed E-state index contributed by atoms with van der Waals surface area (Å²) in [6, 6.07) is 13.3. The molecule has 8 heteroatoms. The van der Waals surface area contributed by atoms with Crippen LogP contribution >= 0.6 is 0 Å². The Balaban J connectivity index is 1.68. The summed E-state index contributed by atoms with van der Waals surface area (Å²) < 4.78 is 23.1. The van der Waals surface area contributed by atoms with Crippen molar-refractivity contribution in [1.82, 2.24) is 0 Å². The van der Waals surface area contributed by atoms with Gasteiger partial charge in [0.15, 0.2) is 25.6 Å². The van der Waals surface area contributed by atoms with Crippen molar-refractivity contribution in [3.63, 3.8) is 0 Å². The molecule has 0 bridgehead atoms. The first kappa shape index (κ1) is 25.3. The smallest absolute Gasteiger partial charge is 0.418 e. The minimum atomic E-state index is -2.04. The van der Waals surface area contributed by atoms with Gasteiger partial charge in [-0.2, -0.15) is 0 Å². The Morgan fingerprint density at radius 3 is 2.43 bits per heavy atom. The number of amides is 1. The van der Waals surface area contributed by atoms with Gasteiger partial charge in [-0.15, -0.1) is 0 Å². The van der Waals surface area contributed by atoms with Crippen molar-refractivity contribution in [1.29, 1.82) is 0 Å². The third kappa shape index (κ3) is 4.08. The molecule has 1 amide bonds. The highest BCUT2D eigenvalue weighted by atomic mass is 28.4. The van der Waals surface area contributed by atoms with Crippen LogP contribution in [0.3, 0.4) is 0 Å². The van der Waals surface area contributed by atoms with E-state index in [9.17, 15) is 9.59 Å². The molecule has 0 saturated carbocycles. The highest BCUT2D eigenvalue weighted by molar-refractivity contribution is 6.74. The van der Waals surface area contributed by atoms with Gasteiger partial charge in [0.25, 0.3) is 0 Å². The number of nitrogens with zero attached hydrogens (tertiary/aromatic N) is 1. The maximum absolute atomic E-state index is 13.5. The number of anilines is 1. The number of rotatable bonds is 5. The van der Waals surface area contributed by atoms with Crippen molar-refractivity contribution >= 4 is 31.5 Å². The number of carbonyl (C=O) groups is 2. The van der Waals surface area contributed by atoms with Gasteiger partial charge in [-0.25, -0.2) is 9.69 Å². The number of ether oxygens (including phenoxy) is 3. The number of methoxy groups -OCH3 is 1. The van der Waals surface area contributed by atoms with E-state index >= 15 is 0 Å². The standard InChI is InChI=1S/C29H33NO6Si/c1-28(2,3)37(5,6)36-13-12-29-17-20(19-10-8-7-9-11-19)23(31)16-26(29)30(27(32)33-4)22-15-25-24(14-21(22)29)34-18-35-25/h7-11,14-17H,12-13,18H2,1-6H3. The van der Waals surface area contributed by atoms with Crippen molar-refractivity contribution in [2.45, 2.75) is 50.7 Å². The zero-order valence-corrected chi connectivity index (χ0v) is 23.2. The lowest BCUT2D eigenvalue weighted by molar-refractivity contribution is -0.109. The molecule has 7 nitrogen and oxygen atoms in total. The average molecular weight is 520 g/mol. The lowest BCUT2D eigenvalue weighted by Gasteiger charge is -2.38. The molecule has 2 aliphatic heterocycles. The fourth-order valence-electron chi connectivity index (χ4n) is 4.96. The molecule has 0 radical (unpaired) electrons. The molecule has 37 heavy (non-hydrogen) atoms. The van der Waals surface area contributed by atoms with E-state index in [4.69, 9.17) is 18.6 Å². The monoisotopic (exact) mass is 519 g/mol. The zero-order chi connectivity index (χ0) is 26.6. The molecule has 0 spiro atoms. The van der Waals surface area contributed by atoms with E-state index < -0.39 is 19.8 Å². The fourth-order valence-corrected chi connectivity index (χ4v) is 6.00. The summed E-state index contributed by atoms with van der Waals surface area (Å²) >= 11 is 0. The van der Waals surface area contributed by atoms with E-state index in [1.165, 1.54) is 12.0 Å². The van der Waals surface area contributed by atoms with Gasteiger partial charge >= 0.3 is 6.09 Å². The second kappa shape index (κ2) is 8.88. The summed E-state index contributed by atoms with van der Waals surface area (Å²) in [5.74, 6) is 1.00. The number of fused-ring (bicyclic) bond motifs is 4. The Morgan fingerprint density at radius 2 is 1.78 bits per heavy atom. The van der Waals surface area contributed by atoms with Crippen LogP contribution in [0.1, 0.15) is 38.3 Å².